The molecule has 1 aliphatic carbocycles. The Balaban J connectivity index is 1.56. The van der Waals surface area contributed by atoms with Gasteiger partial charge in [-0.1, -0.05) is 6.92 Å². The molecule has 0 spiro atoms. The minimum absolute atomic E-state index is 0.0688. The van der Waals surface area contributed by atoms with E-state index in [1.54, 1.807) is 10.9 Å². The van der Waals surface area contributed by atoms with Crippen LogP contribution in [0.4, 0.5) is 0 Å². The summed E-state index contributed by atoms with van der Waals surface area (Å²) in [7, 11) is -3.41. The Hall–Kier alpha value is -1.86. The monoisotopic (exact) mass is 443 g/mol. The second-order valence-electron chi connectivity index (χ2n) is 9.73. The maximum absolute atomic E-state index is 13.2. The van der Waals surface area contributed by atoms with Gasteiger partial charge in [-0.25, -0.2) is 12.4 Å². The first kappa shape index (κ1) is 21.0. The lowest BCUT2D eigenvalue weighted by atomic mass is 9.98. The highest BCUT2D eigenvalue weighted by Crippen LogP contribution is 2.36. The average Bonchev–Trinajstić information content (AvgIpc) is 3.52. The summed E-state index contributed by atoms with van der Waals surface area (Å²) in [4.78, 5) is 17.6. The lowest BCUT2D eigenvalue weighted by molar-refractivity contribution is 0.0697. The molecule has 1 amide bonds. The molecular formula is C24H33N3O3S. The molecule has 2 aliphatic heterocycles. The maximum atomic E-state index is 13.2. The van der Waals surface area contributed by atoms with Crippen LogP contribution in [0.3, 0.4) is 0 Å². The zero-order valence-electron chi connectivity index (χ0n) is 18.6. The van der Waals surface area contributed by atoms with Gasteiger partial charge in [-0.05, 0) is 68.2 Å². The number of fused-ring (bicyclic) bond motifs is 3. The lowest BCUT2D eigenvalue weighted by Crippen LogP contribution is -2.37. The van der Waals surface area contributed by atoms with Crippen LogP contribution in [0.15, 0.2) is 18.2 Å². The Bertz CT molecular complexity index is 1110. The molecule has 3 aliphatic rings. The van der Waals surface area contributed by atoms with E-state index in [-0.39, 0.29) is 11.7 Å². The average molecular weight is 444 g/mol. The Labute approximate surface area is 185 Å². The number of benzene rings is 1. The predicted octanol–water partition coefficient (Wildman–Crippen LogP) is 3.48. The second kappa shape index (κ2) is 7.93. The topological polar surface area (TPSA) is 62.6 Å². The zero-order chi connectivity index (χ0) is 21.8. The molecule has 1 saturated carbocycles. The molecule has 6 nitrogen and oxygen atoms in total. The summed E-state index contributed by atoms with van der Waals surface area (Å²) in [6.45, 7) is 8.31. The SMILES string of the molecule is CCS(=O)(=O)n1c2c(c3cc(C(=O)N4CCC(C)CC4)ccc31)CN(CC1CC1)CC2. The fourth-order valence-corrected chi connectivity index (χ4v) is 6.42. The summed E-state index contributed by atoms with van der Waals surface area (Å²) in [5, 5.41) is 0.934. The zero-order valence-corrected chi connectivity index (χ0v) is 19.5. The van der Waals surface area contributed by atoms with E-state index in [2.05, 4.69) is 11.8 Å². The maximum Gasteiger partial charge on any atom is 0.253 e. The number of amides is 1. The quantitative estimate of drug-likeness (QED) is 0.710. The van der Waals surface area contributed by atoms with Gasteiger partial charge in [0.2, 0.25) is 10.0 Å². The van der Waals surface area contributed by atoms with Gasteiger partial charge in [-0.15, -0.1) is 0 Å². The lowest BCUT2D eigenvalue weighted by Gasteiger charge is -2.30. The Morgan fingerprint density at radius 3 is 2.52 bits per heavy atom. The number of piperidine rings is 1. The molecule has 1 saturated heterocycles. The molecule has 1 aromatic heterocycles. The first-order valence-electron chi connectivity index (χ1n) is 11.8. The number of hydrogen-bond acceptors (Lipinski definition) is 4. The van der Waals surface area contributed by atoms with Crippen molar-refractivity contribution in [2.24, 2.45) is 11.8 Å². The molecule has 1 aromatic carbocycles. The van der Waals surface area contributed by atoms with E-state index in [9.17, 15) is 13.2 Å². The Kier molecular flexibility index (Phi) is 5.37. The van der Waals surface area contributed by atoms with Crippen LogP contribution in [-0.4, -0.2) is 60.0 Å². The first-order chi connectivity index (χ1) is 14.9. The van der Waals surface area contributed by atoms with E-state index in [0.29, 0.717) is 11.5 Å². The van der Waals surface area contributed by atoms with Gasteiger partial charge in [0.1, 0.15) is 0 Å². The van der Waals surface area contributed by atoms with E-state index in [1.165, 1.54) is 12.8 Å². The molecule has 0 bridgehead atoms. The molecular weight excluding hydrogens is 410 g/mol. The Morgan fingerprint density at radius 1 is 1.10 bits per heavy atom. The molecule has 7 heteroatoms. The van der Waals surface area contributed by atoms with Crippen molar-refractivity contribution in [3.8, 4) is 0 Å². The summed E-state index contributed by atoms with van der Waals surface area (Å²) in [5.74, 6) is 1.61. The smallest absolute Gasteiger partial charge is 0.253 e. The van der Waals surface area contributed by atoms with Gasteiger partial charge in [-0.2, -0.15) is 0 Å². The van der Waals surface area contributed by atoms with Gasteiger partial charge in [0.15, 0.2) is 0 Å². The third-order valence-corrected chi connectivity index (χ3v) is 9.06. The fourth-order valence-electron chi connectivity index (χ4n) is 5.17. The number of likely N-dealkylation sites (tertiary alicyclic amines) is 1. The van der Waals surface area contributed by atoms with E-state index in [0.717, 1.165) is 80.1 Å². The van der Waals surface area contributed by atoms with Gasteiger partial charge in [0.25, 0.3) is 5.91 Å². The van der Waals surface area contributed by atoms with Gasteiger partial charge < -0.3 is 4.90 Å². The van der Waals surface area contributed by atoms with E-state index < -0.39 is 10.0 Å². The van der Waals surface area contributed by atoms with Crippen molar-refractivity contribution in [2.75, 3.05) is 31.9 Å². The molecule has 0 N–H and O–H groups in total. The van der Waals surface area contributed by atoms with Crippen LogP contribution in [-0.2, 0) is 23.0 Å². The van der Waals surface area contributed by atoms with E-state index in [4.69, 9.17) is 0 Å². The number of aromatic nitrogens is 1. The molecule has 2 aromatic rings. The van der Waals surface area contributed by atoms with Crippen LogP contribution in [0.1, 0.15) is 61.1 Å². The van der Waals surface area contributed by atoms with Gasteiger partial charge in [0, 0.05) is 55.8 Å². The predicted molar refractivity (Wildman–Crippen MR) is 123 cm³/mol. The Morgan fingerprint density at radius 2 is 1.84 bits per heavy atom. The molecule has 0 atom stereocenters. The minimum Gasteiger partial charge on any atom is -0.339 e. The molecule has 2 fully saturated rings. The van der Waals surface area contributed by atoms with Crippen molar-refractivity contribution in [3.05, 3.63) is 35.0 Å². The third kappa shape index (κ3) is 3.91. The summed E-state index contributed by atoms with van der Waals surface area (Å²) >= 11 is 0. The van der Waals surface area contributed by atoms with Crippen molar-refractivity contribution >= 4 is 26.8 Å². The molecule has 0 unspecified atom stereocenters. The largest absolute Gasteiger partial charge is 0.339 e. The van der Waals surface area contributed by atoms with Crippen LogP contribution < -0.4 is 0 Å². The number of nitrogens with zero attached hydrogens (tertiary/aromatic N) is 3. The summed E-state index contributed by atoms with van der Waals surface area (Å²) in [5.41, 5.74) is 3.42. The van der Waals surface area contributed by atoms with Crippen LogP contribution in [0.5, 0.6) is 0 Å². The standard InChI is InChI=1S/C24H33N3O3S/c1-3-31(29,30)27-22-7-6-19(24(28)26-12-8-17(2)9-13-26)14-20(22)21-16-25(11-10-23(21)27)15-18-4-5-18/h6-7,14,17-18H,3-5,8-13,15-16H2,1-2H3. The van der Waals surface area contributed by atoms with Crippen LogP contribution in [0.2, 0.25) is 0 Å². The normalized spacial score (nSPS) is 20.9. The van der Waals surface area contributed by atoms with Crippen molar-refractivity contribution in [1.29, 1.82) is 0 Å². The van der Waals surface area contributed by atoms with Gasteiger partial charge in [0.05, 0.1) is 11.3 Å². The van der Waals surface area contributed by atoms with Crippen molar-refractivity contribution < 1.29 is 13.2 Å². The molecule has 3 heterocycles. The summed E-state index contributed by atoms with van der Waals surface area (Å²) in [6, 6.07) is 5.63. The molecule has 168 valence electrons. The highest BCUT2D eigenvalue weighted by molar-refractivity contribution is 7.90. The second-order valence-corrected chi connectivity index (χ2v) is 11.8. The number of carbonyl (C=O) groups excluding carboxylic acids is 1. The highest BCUT2D eigenvalue weighted by Gasteiger charge is 2.32. The van der Waals surface area contributed by atoms with Crippen LogP contribution in [0.25, 0.3) is 10.9 Å². The first-order valence-corrected chi connectivity index (χ1v) is 13.4. The molecule has 5 rings (SSSR count). The van der Waals surface area contributed by atoms with Gasteiger partial charge in [-0.3, -0.25) is 9.69 Å². The number of rotatable bonds is 5. The fraction of sp³-hybridized carbons (Fsp3) is 0.625. The van der Waals surface area contributed by atoms with Crippen LogP contribution >= 0.6 is 0 Å². The van der Waals surface area contributed by atoms with Crippen molar-refractivity contribution in [1.82, 2.24) is 13.8 Å². The third-order valence-electron chi connectivity index (χ3n) is 7.35. The minimum atomic E-state index is -3.41. The van der Waals surface area contributed by atoms with Crippen molar-refractivity contribution in [3.63, 3.8) is 0 Å². The van der Waals surface area contributed by atoms with Crippen molar-refractivity contribution in [2.45, 2.75) is 52.5 Å². The van der Waals surface area contributed by atoms with E-state index in [1.807, 2.05) is 23.1 Å². The van der Waals surface area contributed by atoms with Crippen LogP contribution in [0, 0.1) is 11.8 Å². The van der Waals surface area contributed by atoms with E-state index >= 15 is 0 Å². The highest BCUT2D eigenvalue weighted by atomic mass is 32.2. The number of carbonyl (C=O) groups is 1. The number of hydrogen-bond donors (Lipinski definition) is 0. The molecule has 31 heavy (non-hydrogen) atoms. The summed E-state index contributed by atoms with van der Waals surface area (Å²) < 4.78 is 27.5. The van der Waals surface area contributed by atoms with Gasteiger partial charge >= 0.3 is 0 Å². The molecule has 0 radical (unpaired) electrons. The summed E-state index contributed by atoms with van der Waals surface area (Å²) in [6.07, 6.45) is 5.45.